The third-order valence-electron chi connectivity index (χ3n) is 7.75. The Bertz CT molecular complexity index is 1800. The van der Waals surface area contributed by atoms with E-state index in [4.69, 9.17) is 23.2 Å². The standard InChI is InChI=1S/C33H23Cl2NO5S/c34-27-12-11-21(14-28(27)35)20-8-3-5-18(13-20)17-36(29-10-4-7-19-6-1-2-9-22(19)29)30(37)23-15-25-26(16-24(23)31(38)39)33(41)42-32(25)40/h1-3,5-6,8-9,11-16,29H,4,7,10,17H2,(H,38,39)/t29-/m0/s1. The van der Waals surface area contributed by atoms with Gasteiger partial charge in [0.1, 0.15) is 0 Å². The summed E-state index contributed by atoms with van der Waals surface area (Å²) in [5.41, 5.74) is 4.38. The minimum atomic E-state index is -1.34. The molecule has 0 spiro atoms. The van der Waals surface area contributed by atoms with Crippen LogP contribution in [0.25, 0.3) is 11.1 Å². The summed E-state index contributed by atoms with van der Waals surface area (Å²) in [5.74, 6) is -1.86. The number of aryl methyl sites for hydroxylation is 1. The molecule has 1 amide bonds. The van der Waals surface area contributed by atoms with E-state index in [0.717, 1.165) is 46.7 Å². The lowest BCUT2D eigenvalue weighted by Gasteiger charge is -2.36. The number of fused-ring (bicyclic) bond motifs is 2. The molecule has 0 saturated carbocycles. The molecule has 1 aliphatic carbocycles. The van der Waals surface area contributed by atoms with Crippen molar-refractivity contribution >= 4 is 57.1 Å². The van der Waals surface area contributed by atoms with Crippen molar-refractivity contribution in [3.63, 3.8) is 0 Å². The van der Waals surface area contributed by atoms with E-state index in [-0.39, 0.29) is 34.8 Å². The highest BCUT2D eigenvalue weighted by Gasteiger charge is 2.36. The average Bonchev–Trinajstić information content (AvgIpc) is 3.28. The molecule has 42 heavy (non-hydrogen) atoms. The van der Waals surface area contributed by atoms with Crippen molar-refractivity contribution in [1.82, 2.24) is 4.90 Å². The zero-order chi connectivity index (χ0) is 29.5. The number of carbonyl (C=O) groups excluding carboxylic acids is 3. The van der Waals surface area contributed by atoms with Gasteiger partial charge in [-0.2, -0.15) is 0 Å². The molecule has 0 radical (unpaired) electrons. The number of carbonyl (C=O) groups is 4. The summed E-state index contributed by atoms with van der Waals surface area (Å²) < 4.78 is 0. The molecule has 9 heteroatoms. The van der Waals surface area contributed by atoms with Crippen molar-refractivity contribution in [2.45, 2.75) is 31.8 Å². The van der Waals surface area contributed by atoms with Gasteiger partial charge in [0.15, 0.2) is 0 Å². The zero-order valence-electron chi connectivity index (χ0n) is 22.1. The number of thioether (sulfide) groups is 1. The van der Waals surface area contributed by atoms with Crippen LogP contribution in [0.1, 0.15) is 77.0 Å². The van der Waals surface area contributed by atoms with Crippen LogP contribution in [0.3, 0.4) is 0 Å². The summed E-state index contributed by atoms with van der Waals surface area (Å²) in [4.78, 5) is 53.3. The Morgan fingerprint density at radius 2 is 1.55 bits per heavy atom. The molecule has 0 unspecified atom stereocenters. The number of hydrogen-bond acceptors (Lipinski definition) is 5. The maximum atomic E-state index is 14.4. The van der Waals surface area contributed by atoms with Crippen LogP contribution in [-0.4, -0.2) is 32.1 Å². The van der Waals surface area contributed by atoms with Gasteiger partial charge in [0, 0.05) is 17.7 Å². The minimum absolute atomic E-state index is 0.0165. The van der Waals surface area contributed by atoms with Crippen molar-refractivity contribution in [2.75, 3.05) is 0 Å². The van der Waals surface area contributed by atoms with Crippen LogP contribution < -0.4 is 0 Å². The lowest BCUT2D eigenvalue weighted by Crippen LogP contribution is -2.37. The van der Waals surface area contributed by atoms with E-state index in [0.29, 0.717) is 28.2 Å². The van der Waals surface area contributed by atoms with Crippen molar-refractivity contribution in [3.8, 4) is 11.1 Å². The van der Waals surface area contributed by atoms with E-state index < -0.39 is 22.1 Å². The van der Waals surface area contributed by atoms with Crippen LogP contribution in [0.2, 0.25) is 10.0 Å². The number of carboxylic acids is 1. The van der Waals surface area contributed by atoms with Gasteiger partial charge < -0.3 is 10.0 Å². The first-order chi connectivity index (χ1) is 20.2. The van der Waals surface area contributed by atoms with E-state index in [1.165, 1.54) is 6.07 Å². The SMILES string of the molecule is O=C(O)c1cc2c(cc1C(=O)N(Cc1cccc(-c3ccc(Cl)c(Cl)c3)c1)[C@H]1CCCc3ccccc31)C(=O)SC2=O. The molecule has 6 rings (SSSR count). The largest absolute Gasteiger partial charge is 0.478 e. The fourth-order valence-electron chi connectivity index (χ4n) is 5.74. The maximum absolute atomic E-state index is 14.4. The normalized spacial score (nSPS) is 15.7. The number of nitrogens with zero attached hydrogens (tertiary/aromatic N) is 1. The fourth-order valence-corrected chi connectivity index (χ4v) is 6.76. The van der Waals surface area contributed by atoms with E-state index in [2.05, 4.69) is 6.07 Å². The second kappa shape index (κ2) is 11.4. The first-order valence-corrected chi connectivity index (χ1v) is 14.9. The van der Waals surface area contributed by atoms with Gasteiger partial charge in [0.25, 0.3) is 5.91 Å². The van der Waals surface area contributed by atoms with Gasteiger partial charge in [0.2, 0.25) is 10.2 Å². The first-order valence-electron chi connectivity index (χ1n) is 13.3. The molecule has 1 N–H and O–H groups in total. The van der Waals surface area contributed by atoms with Crippen LogP contribution >= 0.6 is 35.0 Å². The molecule has 2 aliphatic rings. The molecular weight excluding hydrogens is 593 g/mol. The molecule has 6 nitrogen and oxygen atoms in total. The van der Waals surface area contributed by atoms with Gasteiger partial charge in [-0.25, -0.2) is 4.79 Å². The maximum Gasteiger partial charge on any atom is 0.336 e. The number of rotatable bonds is 6. The second-order valence-electron chi connectivity index (χ2n) is 10.3. The van der Waals surface area contributed by atoms with E-state index in [9.17, 15) is 24.3 Å². The number of hydrogen-bond donors (Lipinski definition) is 1. The lowest BCUT2D eigenvalue weighted by atomic mass is 9.86. The van der Waals surface area contributed by atoms with Gasteiger partial charge in [0.05, 0.1) is 27.2 Å². The van der Waals surface area contributed by atoms with E-state index >= 15 is 0 Å². The summed E-state index contributed by atoms with van der Waals surface area (Å²) in [6.45, 7) is 0.185. The number of amides is 1. The number of benzene rings is 4. The predicted molar refractivity (Wildman–Crippen MR) is 164 cm³/mol. The molecule has 1 heterocycles. The van der Waals surface area contributed by atoms with Crippen LogP contribution in [0.15, 0.2) is 78.9 Å². The van der Waals surface area contributed by atoms with Crippen LogP contribution in [0, 0.1) is 0 Å². The first kappa shape index (κ1) is 28.2. The summed E-state index contributed by atoms with van der Waals surface area (Å²) in [6.07, 6.45) is 2.43. The van der Waals surface area contributed by atoms with Crippen LogP contribution in [0.4, 0.5) is 0 Å². The Morgan fingerprint density at radius 1 is 0.833 bits per heavy atom. The molecule has 4 aromatic rings. The average molecular weight is 617 g/mol. The van der Waals surface area contributed by atoms with Gasteiger partial charge in [-0.15, -0.1) is 0 Å². The fraction of sp³-hybridized carbons (Fsp3) is 0.152. The minimum Gasteiger partial charge on any atom is -0.478 e. The van der Waals surface area contributed by atoms with Gasteiger partial charge >= 0.3 is 5.97 Å². The van der Waals surface area contributed by atoms with Gasteiger partial charge in [-0.1, -0.05) is 71.7 Å². The summed E-state index contributed by atoms with van der Waals surface area (Å²) >= 11 is 12.9. The van der Waals surface area contributed by atoms with Crippen molar-refractivity contribution < 1.29 is 24.3 Å². The van der Waals surface area contributed by atoms with Gasteiger partial charge in [-0.05, 0) is 89.2 Å². The van der Waals surface area contributed by atoms with Crippen molar-refractivity contribution in [3.05, 3.63) is 128 Å². The lowest BCUT2D eigenvalue weighted by molar-refractivity contribution is 0.0615. The topological polar surface area (TPSA) is 91.8 Å². The van der Waals surface area contributed by atoms with Crippen molar-refractivity contribution in [1.29, 1.82) is 0 Å². The summed E-state index contributed by atoms with van der Waals surface area (Å²) in [7, 11) is 0. The van der Waals surface area contributed by atoms with Crippen molar-refractivity contribution in [2.24, 2.45) is 0 Å². The molecular formula is C33H23Cl2NO5S. The molecule has 0 fully saturated rings. The second-order valence-corrected chi connectivity index (χ2v) is 12.1. The van der Waals surface area contributed by atoms with E-state index in [1.54, 1.807) is 17.0 Å². The Hall–Kier alpha value is -3.91. The molecule has 4 aromatic carbocycles. The molecule has 210 valence electrons. The summed E-state index contributed by atoms with van der Waals surface area (Å²) in [6, 6.07) is 23.2. The number of aromatic carboxylic acids is 1. The Balaban J connectivity index is 1.46. The predicted octanol–water partition coefficient (Wildman–Crippen LogP) is 8.11. The number of carboxylic acid groups (broad SMARTS) is 1. The smallest absolute Gasteiger partial charge is 0.336 e. The summed E-state index contributed by atoms with van der Waals surface area (Å²) in [5, 5.41) is 9.91. The highest BCUT2D eigenvalue weighted by atomic mass is 35.5. The zero-order valence-corrected chi connectivity index (χ0v) is 24.4. The monoisotopic (exact) mass is 615 g/mol. The van der Waals surface area contributed by atoms with Crippen LogP contribution in [-0.2, 0) is 13.0 Å². The molecule has 0 bridgehead atoms. The Morgan fingerprint density at radius 3 is 2.29 bits per heavy atom. The number of halogens is 2. The molecule has 0 aromatic heterocycles. The third-order valence-corrected chi connectivity index (χ3v) is 9.30. The Kier molecular flexibility index (Phi) is 7.66. The molecule has 1 atom stereocenters. The quantitative estimate of drug-likeness (QED) is 0.235. The van der Waals surface area contributed by atoms with Gasteiger partial charge in [-0.3, -0.25) is 14.4 Å². The molecule has 1 aliphatic heterocycles. The van der Waals surface area contributed by atoms with E-state index in [1.807, 2.05) is 48.5 Å². The molecule has 0 saturated heterocycles. The highest BCUT2D eigenvalue weighted by molar-refractivity contribution is 8.27. The third kappa shape index (κ3) is 5.24. The Labute approximate surface area is 256 Å². The highest BCUT2D eigenvalue weighted by Crippen LogP contribution is 2.38. The van der Waals surface area contributed by atoms with Crippen LogP contribution in [0.5, 0.6) is 0 Å².